The van der Waals surface area contributed by atoms with E-state index in [9.17, 15) is 21.6 Å². The van der Waals surface area contributed by atoms with E-state index in [0.29, 0.717) is 11.0 Å². The number of nitrogens with zero attached hydrogens (tertiary/aromatic N) is 1. The Balaban J connectivity index is 2.36. The number of hydrogen-bond donors (Lipinski definition) is 0. The van der Waals surface area contributed by atoms with Crippen molar-refractivity contribution in [2.45, 2.75) is 25.4 Å². The summed E-state index contributed by atoms with van der Waals surface area (Å²) in [7, 11) is -2.53. The Morgan fingerprint density at radius 3 is 2.22 bits per heavy atom. The third kappa shape index (κ3) is 6.01. The van der Waals surface area contributed by atoms with Crippen LogP contribution < -0.4 is 0 Å². The van der Waals surface area contributed by atoms with Crippen LogP contribution in [-0.2, 0) is 14.3 Å². The third-order valence-electron chi connectivity index (χ3n) is 3.13. The quantitative estimate of drug-likeness (QED) is 0.569. The molecule has 0 radical (unpaired) electrons. The topological polar surface area (TPSA) is 43.4 Å². The molecule has 1 rings (SSSR count). The van der Waals surface area contributed by atoms with Crippen LogP contribution in [0, 0.1) is 0 Å². The van der Waals surface area contributed by atoms with Crippen molar-refractivity contribution in [3.63, 3.8) is 0 Å². The van der Waals surface area contributed by atoms with Gasteiger partial charge in [-0.2, -0.15) is 21.6 Å². The van der Waals surface area contributed by atoms with Gasteiger partial charge in [-0.25, -0.2) is 0 Å². The van der Waals surface area contributed by atoms with Crippen LogP contribution in [-0.4, -0.2) is 58.1 Å². The Labute approximate surface area is 105 Å². The van der Waals surface area contributed by atoms with E-state index in [1.165, 1.54) is 0 Å². The molecule has 0 bridgehead atoms. The molecule has 0 atom stereocenters. The maximum Gasteiger partial charge on any atom is 0.405 e. The summed E-state index contributed by atoms with van der Waals surface area (Å²) in [6.45, 7) is 2.08. The van der Waals surface area contributed by atoms with Gasteiger partial charge in [0.2, 0.25) is 0 Å². The minimum atomic E-state index is -4.75. The van der Waals surface area contributed by atoms with Gasteiger partial charge < -0.3 is 4.48 Å². The predicted molar refractivity (Wildman–Crippen MR) is 60.4 cm³/mol. The zero-order chi connectivity index (χ0) is 13.9. The number of likely N-dealkylation sites (N-methyl/N-ethyl adjacent to an activating group) is 1. The summed E-state index contributed by atoms with van der Waals surface area (Å²) in [5.41, 5.74) is 0. The number of piperidine rings is 1. The Bertz CT molecular complexity index is 361. The highest BCUT2D eigenvalue weighted by atomic mass is 32.2. The molecule has 1 heterocycles. The van der Waals surface area contributed by atoms with E-state index in [1.54, 1.807) is 0 Å². The molecular weight excluding hydrogens is 271 g/mol. The molecule has 4 nitrogen and oxygen atoms in total. The summed E-state index contributed by atoms with van der Waals surface area (Å²) < 4.78 is 63.0. The lowest BCUT2D eigenvalue weighted by atomic mass is 10.1. The van der Waals surface area contributed by atoms with E-state index in [4.69, 9.17) is 0 Å². The van der Waals surface area contributed by atoms with Crippen molar-refractivity contribution in [3.05, 3.63) is 0 Å². The van der Waals surface area contributed by atoms with Crippen molar-refractivity contribution in [1.29, 1.82) is 0 Å². The molecule has 0 aromatic carbocycles. The van der Waals surface area contributed by atoms with E-state index in [0.717, 1.165) is 32.4 Å². The van der Waals surface area contributed by atoms with Crippen LogP contribution in [0.4, 0.5) is 13.2 Å². The second kappa shape index (κ2) is 5.75. The van der Waals surface area contributed by atoms with E-state index in [2.05, 4.69) is 4.18 Å². The normalized spacial score (nSPS) is 20.9. The summed E-state index contributed by atoms with van der Waals surface area (Å²) in [6, 6.07) is 0. The fraction of sp³-hybridized carbons (Fsp3) is 1.00. The van der Waals surface area contributed by atoms with Gasteiger partial charge in [0.05, 0.1) is 20.1 Å². The summed E-state index contributed by atoms with van der Waals surface area (Å²) >= 11 is 0. The fourth-order valence-electron chi connectivity index (χ4n) is 2.13. The molecule has 0 aromatic heterocycles. The highest BCUT2D eigenvalue weighted by Gasteiger charge is 2.36. The van der Waals surface area contributed by atoms with Crippen molar-refractivity contribution in [2.75, 3.05) is 39.0 Å². The molecule has 0 amide bonds. The van der Waals surface area contributed by atoms with E-state index < -0.39 is 22.0 Å². The second-order valence-electron chi connectivity index (χ2n) is 4.99. The molecule has 0 unspecified atom stereocenters. The molecule has 1 aliphatic heterocycles. The lowest BCUT2D eigenvalue weighted by Crippen LogP contribution is -2.50. The molecule has 1 saturated heterocycles. The van der Waals surface area contributed by atoms with Crippen LogP contribution in [0.1, 0.15) is 19.3 Å². The standard InChI is InChI=1S/C10H19F3NO3S/c1-14(5-3-2-4-6-14)7-8-17-18(15,16)9-10(11,12)13/h2-9H2,1H3/q+1. The van der Waals surface area contributed by atoms with Crippen LogP contribution >= 0.6 is 0 Å². The Hall–Kier alpha value is -0.340. The first kappa shape index (κ1) is 15.7. The highest BCUT2D eigenvalue weighted by molar-refractivity contribution is 7.86. The molecule has 8 heteroatoms. The fourth-order valence-corrected chi connectivity index (χ4v) is 2.94. The van der Waals surface area contributed by atoms with Crippen molar-refractivity contribution in [1.82, 2.24) is 0 Å². The zero-order valence-electron chi connectivity index (χ0n) is 10.4. The van der Waals surface area contributed by atoms with Gasteiger partial charge in [0.1, 0.15) is 13.2 Å². The Morgan fingerprint density at radius 1 is 1.17 bits per heavy atom. The number of quaternary nitrogens is 1. The molecule has 18 heavy (non-hydrogen) atoms. The SMILES string of the molecule is C[N+]1(CCOS(=O)(=O)CC(F)(F)F)CCCCC1. The first-order valence-electron chi connectivity index (χ1n) is 5.89. The molecule has 0 N–H and O–H groups in total. The van der Waals surface area contributed by atoms with Gasteiger partial charge >= 0.3 is 6.18 Å². The summed E-state index contributed by atoms with van der Waals surface area (Å²) in [4.78, 5) is 0. The van der Waals surface area contributed by atoms with Crippen LogP contribution in [0.3, 0.4) is 0 Å². The number of hydrogen-bond acceptors (Lipinski definition) is 3. The first-order valence-corrected chi connectivity index (χ1v) is 7.47. The van der Waals surface area contributed by atoms with Crippen LogP contribution in [0.15, 0.2) is 0 Å². The van der Waals surface area contributed by atoms with Crippen molar-refractivity contribution >= 4 is 10.1 Å². The Morgan fingerprint density at radius 2 is 1.72 bits per heavy atom. The Kier molecular flexibility index (Phi) is 5.02. The molecular formula is C10H19F3NO3S+. The van der Waals surface area contributed by atoms with Crippen LogP contribution in [0.2, 0.25) is 0 Å². The van der Waals surface area contributed by atoms with Gasteiger partial charge in [-0.3, -0.25) is 4.18 Å². The minimum absolute atomic E-state index is 0.186. The van der Waals surface area contributed by atoms with Gasteiger partial charge in [0.25, 0.3) is 10.1 Å². The molecule has 1 fully saturated rings. The zero-order valence-corrected chi connectivity index (χ0v) is 11.2. The van der Waals surface area contributed by atoms with E-state index in [1.807, 2.05) is 7.05 Å². The highest BCUT2D eigenvalue weighted by Crippen LogP contribution is 2.19. The maximum atomic E-state index is 11.9. The summed E-state index contributed by atoms with van der Waals surface area (Å²) in [5.74, 6) is -1.91. The van der Waals surface area contributed by atoms with E-state index >= 15 is 0 Å². The maximum absolute atomic E-state index is 11.9. The van der Waals surface area contributed by atoms with Gasteiger partial charge in [-0.1, -0.05) is 0 Å². The lowest BCUT2D eigenvalue weighted by Gasteiger charge is -2.37. The average molecular weight is 290 g/mol. The third-order valence-corrected chi connectivity index (χ3v) is 4.34. The monoisotopic (exact) mass is 290 g/mol. The lowest BCUT2D eigenvalue weighted by molar-refractivity contribution is -0.914. The summed E-state index contributed by atoms with van der Waals surface area (Å²) in [6.07, 6.45) is -1.47. The summed E-state index contributed by atoms with van der Waals surface area (Å²) in [5, 5.41) is 0. The number of likely N-dealkylation sites (tertiary alicyclic amines) is 1. The second-order valence-corrected chi connectivity index (χ2v) is 6.63. The molecule has 108 valence electrons. The first-order chi connectivity index (χ1) is 8.12. The largest absolute Gasteiger partial charge is 0.405 e. The number of rotatable bonds is 5. The van der Waals surface area contributed by atoms with E-state index in [-0.39, 0.29) is 6.61 Å². The number of halogens is 3. The van der Waals surface area contributed by atoms with Gasteiger partial charge in [-0.15, -0.1) is 0 Å². The smallest absolute Gasteiger partial charge is 0.324 e. The van der Waals surface area contributed by atoms with Crippen LogP contribution in [0.25, 0.3) is 0 Å². The van der Waals surface area contributed by atoms with Gasteiger partial charge in [-0.05, 0) is 19.3 Å². The molecule has 0 aromatic rings. The van der Waals surface area contributed by atoms with Crippen LogP contribution in [0.5, 0.6) is 0 Å². The predicted octanol–water partition coefficient (Wildman–Crippen LogP) is 1.53. The molecule has 0 aliphatic carbocycles. The number of alkyl halides is 3. The van der Waals surface area contributed by atoms with Crippen molar-refractivity contribution < 1.29 is 30.3 Å². The molecule has 0 spiro atoms. The van der Waals surface area contributed by atoms with Gasteiger partial charge in [0.15, 0.2) is 5.75 Å². The average Bonchev–Trinajstić information content (AvgIpc) is 2.13. The minimum Gasteiger partial charge on any atom is -0.324 e. The molecule has 1 aliphatic rings. The molecule has 0 saturated carbocycles. The van der Waals surface area contributed by atoms with Gasteiger partial charge in [0, 0.05) is 0 Å². The van der Waals surface area contributed by atoms with Crippen molar-refractivity contribution in [2.24, 2.45) is 0 Å². The van der Waals surface area contributed by atoms with Crippen molar-refractivity contribution in [3.8, 4) is 0 Å².